The number of likely N-dealkylation sites (tertiary alicyclic amines) is 1. The molecule has 9 heteroatoms. The molecule has 2 heterocycles. The first-order valence-corrected chi connectivity index (χ1v) is 14.9. The molecule has 0 aromatic heterocycles. The van der Waals surface area contributed by atoms with Crippen molar-refractivity contribution in [1.82, 2.24) is 9.80 Å². The number of nitrogens with zero attached hydrogens (tertiary/aromatic N) is 3. The lowest BCUT2D eigenvalue weighted by Gasteiger charge is -2.32. The topological polar surface area (TPSA) is 95.3 Å². The molecule has 2 saturated heterocycles. The van der Waals surface area contributed by atoms with Gasteiger partial charge >= 0.3 is 0 Å². The Balaban J connectivity index is 1.05. The summed E-state index contributed by atoms with van der Waals surface area (Å²) in [6, 6.07) is 18.8. The molecule has 0 radical (unpaired) electrons. The molecular formula is C34H38FN3O5. The number of hydrogen-bond donors (Lipinski definition) is 1. The lowest BCUT2D eigenvalue weighted by Crippen LogP contribution is -2.41. The summed E-state index contributed by atoms with van der Waals surface area (Å²) in [5.41, 5.74) is 2.41. The van der Waals surface area contributed by atoms with Crippen LogP contribution in [0.15, 0.2) is 60.7 Å². The maximum Gasteiger partial charge on any atom is 0.260 e. The molecule has 1 N–H and O–H groups in total. The van der Waals surface area contributed by atoms with Crippen molar-refractivity contribution in [2.45, 2.75) is 25.7 Å². The Labute approximate surface area is 252 Å². The summed E-state index contributed by atoms with van der Waals surface area (Å²) in [5, 5.41) is 19.6. The van der Waals surface area contributed by atoms with Gasteiger partial charge in [0.05, 0.1) is 24.8 Å². The quantitative estimate of drug-likeness (QED) is 0.336. The van der Waals surface area contributed by atoms with Crippen molar-refractivity contribution in [3.05, 3.63) is 77.6 Å². The van der Waals surface area contributed by atoms with E-state index in [1.54, 1.807) is 18.2 Å². The lowest BCUT2D eigenvalue weighted by atomic mass is 9.90. The zero-order chi connectivity index (χ0) is 30.0. The molecule has 2 aliphatic rings. The predicted octanol–water partition coefficient (Wildman–Crippen LogP) is 5.03. The summed E-state index contributed by atoms with van der Waals surface area (Å²) < 4.78 is 30.7. The van der Waals surface area contributed by atoms with Gasteiger partial charge in [0, 0.05) is 49.9 Å². The molecule has 8 nitrogen and oxygen atoms in total. The molecule has 0 saturated carbocycles. The fourth-order valence-corrected chi connectivity index (χ4v) is 5.61. The van der Waals surface area contributed by atoms with Gasteiger partial charge in [-0.2, -0.15) is 5.26 Å². The first-order chi connectivity index (χ1) is 21.0. The van der Waals surface area contributed by atoms with Crippen LogP contribution in [0.1, 0.15) is 30.4 Å². The molecule has 0 aliphatic carbocycles. The second kappa shape index (κ2) is 14.9. The number of rotatable bonds is 11. The molecule has 3 aromatic carbocycles. The van der Waals surface area contributed by atoms with Crippen LogP contribution in [0.5, 0.6) is 17.2 Å². The number of morpholine rings is 1. The number of halogens is 1. The van der Waals surface area contributed by atoms with Gasteiger partial charge in [0.1, 0.15) is 29.7 Å². The number of phenols is 1. The predicted molar refractivity (Wildman–Crippen MR) is 161 cm³/mol. The van der Waals surface area contributed by atoms with Gasteiger partial charge in [-0.25, -0.2) is 4.39 Å². The number of ether oxygens (including phenoxy) is 3. The van der Waals surface area contributed by atoms with Gasteiger partial charge in [0.25, 0.3) is 5.91 Å². The number of nitriles is 1. The number of phenolic OH excluding ortho intramolecular Hbond substituents is 1. The minimum atomic E-state index is -0.572. The van der Waals surface area contributed by atoms with E-state index < -0.39 is 5.82 Å². The molecular weight excluding hydrogens is 549 g/mol. The van der Waals surface area contributed by atoms with Crippen molar-refractivity contribution in [2.24, 2.45) is 5.92 Å². The Morgan fingerprint density at radius 3 is 2.47 bits per heavy atom. The largest absolute Gasteiger partial charge is 0.507 e. The summed E-state index contributed by atoms with van der Waals surface area (Å²) in [4.78, 5) is 17.2. The van der Waals surface area contributed by atoms with Crippen molar-refractivity contribution >= 4 is 5.91 Å². The van der Waals surface area contributed by atoms with E-state index in [9.17, 15) is 19.6 Å². The van der Waals surface area contributed by atoms with Crippen molar-refractivity contribution in [1.29, 1.82) is 5.26 Å². The second-order valence-corrected chi connectivity index (χ2v) is 11.1. The van der Waals surface area contributed by atoms with E-state index in [0.717, 1.165) is 70.3 Å². The number of aromatic hydroxyl groups is 1. The van der Waals surface area contributed by atoms with Gasteiger partial charge in [0.15, 0.2) is 6.61 Å². The molecule has 5 rings (SSSR count). The molecule has 0 bridgehead atoms. The zero-order valence-electron chi connectivity index (χ0n) is 24.3. The van der Waals surface area contributed by atoms with Crippen LogP contribution in [0.2, 0.25) is 0 Å². The fourth-order valence-electron chi connectivity index (χ4n) is 5.61. The Kier molecular flexibility index (Phi) is 10.5. The number of carbonyl (C=O) groups excluding carboxylic acids is 1. The highest BCUT2D eigenvalue weighted by atomic mass is 19.1. The minimum absolute atomic E-state index is 0.110. The van der Waals surface area contributed by atoms with Crippen LogP contribution in [0.3, 0.4) is 0 Å². The van der Waals surface area contributed by atoms with Crippen LogP contribution in [-0.4, -0.2) is 80.0 Å². The summed E-state index contributed by atoms with van der Waals surface area (Å²) in [5.74, 6) is 0.850. The molecule has 0 unspecified atom stereocenters. The summed E-state index contributed by atoms with van der Waals surface area (Å²) in [6.45, 7) is 6.32. The first kappa shape index (κ1) is 30.3. The summed E-state index contributed by atoms with van der Waals surface area (Å²) in [7, 11) is 0. The summed E-state index contributed by atoms with van der Waals surface area (Å²) in [6.07, 6.45) is 3.96. The van der Waals surface area contributed by atoms with Crippen molar-refractivity contribution in [2.75, 3.05) is 59.2 Å². The molecule has 1 amide bonds. The SMILES string of the molecule is N#Cc1ccc(OCC(=O)N2CCC(CCc3ccc(OCCN4CCOCC4)cc3)CC2)c(-c2ccc(F)cc2O)c1. The molecule has 226 valence electrons. The Bertz CT molecular complexity index is 1410. The smallest absolute Gasteiger partial charge is 0.260 e. The van der Waals surface area contributed by atoms with E-state index in [4.69, 9.17) is 14.2 Å². The van der Waals surface area contributed by atoms with Gasteiger partial charge in [-0.1, -0.05) is 12.1 Å². The average molecular weight is 588 g/mol. The van der Waals surface area contributed by atoms with Gasteiger partial charge in [0.2, 0.25) is 0 Å². The highest BCUT2D eigenvalue weighted by molar-refractivity contribution is 5.80. The number of carbonyl (C=O) groups is 1. The van der Waals surface area contributed by atoms with Gasteiger partial charge < -0.3 is 24.2 Å². The molecule has 0 spiro atoms. The van der Waals surface area contributed by atoms with Gasteiger partial charge in [-0.15, -0.1) is 0 Å². The zero-order valence-corrected chi connectivity index (χ0v) is 24.3. The van der Waals surface area contributed by atoms with E-state index in [0.29, 0.717) is 48.1 Å². The van der Waals surface area contributed by atoms with Crippen molar-refractivity contribution < 1.29 is 28.5 Å². The Hall–Kier alpha value is -4.13. The minimum Gasteiger partial charge on any atom is -0.507 e. The molecule has 0 atom stereocenters. The number of hydrogen-bond acceptors (Lipinski definition) is 7. The third kappa shape index (κ3) is 8.46. The van der Waals surface area contributed by atoms with E-state index >= 15 is 0 Å². The second-order valence-electron chi connectivity index (χ2n) is 11.1. The number of aryl methyl sites for hydroxylation is 1. The maximum absolute atomic E-state index is 13.5. The first-order valence-electron chi connectivity index (χ1n) is 14.9. The third-order valence-electron chi connectivity index (χ3n) is 8.22. The number of piperidine rings is 1. The monoisotopic (exact) mass is 587 g/mol. The molecule has 43 heavy (non-hydrogen) atoms. The molecule has 2 fully saturated rings. The molecule has 3 aromatic rings. The Morgan fingerprint density at radius 2 is 1.74 bits per heavy atom. The summed E-state index contributed by atoms with van der Waals surface area (Å²) >= 11 is 0. The van der Waals surface area contributed by atoms with E-state index in [2.05, 4.69) is 23.1 Å². The van der Waals surface area contributed by atoms with E-state index in [1.807, 2.05) is 17.0 Å². The van der Waals surface area contributed by atoms with Crippen LogP contribution < -0.4 is 9.47 Å². The highest BCUT2D eigenvalue weighted by Crippen LogP contribution is 2.37. The maximum atomic E-state index is 13.5. The van der Waals surface area contributed by atoms with Crippen LogP contribution in [0.4, 0.5) is 4.39 Å². The van der Waals surface area contributed by atoms with Crippen LogP contribution in [0.25, 0.3) is 11.1 Å². The van der Waals surface area contributed by atoms with Crippen molar-refractivity contribution in [3.63, 3.8) is 0 Å². The van der Waals surface area contributed by atoms with E-state index in [1.165, 1.54) is 17.7 Å². The lowest BCUT2D eigenvalue weighted by molar-refractivity contribution is -0.134. The van der Waals surface area contributed by atoms with Crippen LogP contribution in [-0.2, 0) is 16.0 Å². The normalized spacial score (nSPS) is 16.0. The van der Waals surface area contributed by atoms with Crippen molar-refractivity contribution in [3.8, 4) is 34.4 Å². The van der Waals surface area contributed by atoms with Crippen LogP contribution >= 0.6 is 0 Å². The number of amides is 1. The number of benzene rings is 3. The highest BCUT2D eigenvalue weighted by Gasteiger charge is 2.23. The molecule has 2 aliphatic heterocycles. The fraction of sp³-hybridized carbons (Fsp3) is 0.412. The standard InChI is InChI=1S/C34H38FN3O5/c35-28-6-9-30(32(39)22-28)31-21-27(23-36)5-10-33(31)43-24-34(40)38-13-11-26(12-14-38)2-1-25-3-7-29(8-4-25)42-20-17-37-15-18-41-19-16-37/h3-10,21-22,26,39H,1-2,11-20,24H2. The van der Waals surface area contributed by atoms with Gasteiger partial charge in [-0.3, -0.25) is 9.69 Å². The third-order valence-corrected chi connectivity index (χ3v) is 8.22. The van der Waals surface area contributed by atoms with Gasteiger partial charge in [-0.05, 0) is 79.6 Å². The average Bonchev–Trinajstić information content (AvgIpc) is 3.04. The Morgan fingerprint density at radius 1 is 0.977 bits per heavy atom. The van der Waals surface area contributed by atoms with E-state index in [-0.39, 0.29) is 18.3 Å². The van der Waals surface area contributed by atoms with Crippen LogP contribution in [0, 0.1) is 23.1 Å².